The molecule has 6 heteroatoms. The monoisotopic (exact) mass is 352 g/mol. The number of benzene rings is 2. The van der Waals surface area contributed by atoms with Crippen molar-refractivity contribution in [2.24, 2.45) is 0 Å². The van der Waals surface area contributed by atoms with Crippen molar-refractivity contribution < 1.29 is 9.53 Å². The standard InChI is InChI=1S/C17H18Cl2N2O2/c1-23-13-7-5-12(6-8-13)9-10-20-16(22)11-21-17-14(18)3-2-4-15(17)19/h2-8,21H,9-11H2,1H3,(H,20,22). The van der Waals surface area contributed by atoms with Crippen LogP contribution in [0.3, 0.4) is 0 Å². The zero-order chi connectivity index (χ0) is 16.7. The summed E-state index contributed by atoms with van der Waals surface area (Å²) in [4.78, 5) is 11.8. The van der Waals surface area contributed by atoms with E-state index in [0.29, 0.717) is 22.3 Å². The zero-order valence-electron chi connectivity index (χ0n) is 12.7. The molecule has 1 amide bonds. The maximum Gasteiger partial charge on any atom is 0.239 e. The molecule has 0 aromatic heterocycles. The van der Waals surface area contributed by atoms with Gasteiger partial charge in [-0.05, 0) is 36.2 Å². The maximum absolute atomic E-state index is 11.8. The van der Waals surface area contributed by atoms with E-state index in [2.05, 4.69) is 10.6 Å². The number of carbonyl (C=O) groups excluding carboxylic acids is 1. The number of hydrogen-bond donors (Lipinski definition) is 2. The van der Waals surface area contributed by atoms with E-state index in [-0.39, 0.29) is 12.5 Å². The Balaban J connectivity index is 1.74. The summed E-state index contributed by atoms with van der Waals surface area (Å²) >= 11 is 12.1. The summed E-state index contributed by atoms with van der Waals surface area (Å²) in [6.07, 6.45) is 0.753. The van der Waals surface area contributed by atoms with E-state index in [4.69, 9.17) is 27.9 Å². The Morgan fingerprint density at radius 2 is 1.74 bits per heavy atom. The summed E-state index contributed by atoms with van der Waals surface area (Å²) in [5, 5.41) is 6.78. The van der Waals surface area contributed by atoms with Gasteiger partial charge in [-0.25, -0.2) is 0 Å². The summed E-state index contributed by atoms with van der Waals surface area (Å²) in [6, 6.07) is 13.0. The van der Waals surface area contributed by atoms with E-state index in [0.717, 1.165) is 17.7 Å². The Morgan fingerprint density at radius 3 is 2.35 bits per heavy atom. The number of hydrogen-bond acceptors (Lipinski definition) is 3. The fourth-order valence-corrected chi connectivity index (χ4v) is 2.57. The topological polar surface area (TPSA) is 50.4 Å². The van der Waals surface area contributed by atoms with Gasteiger partial charge in [0.25, 0.3) is 0 Å². The van der Waals surface area contributed by atoms with Gasteiger partial charge in [-0.1, -0.05) is 41.4 Å². The molecule has 0 unspecified atom stereocenters. The van der Waals surface area contributed by atoms with Crippen molar-refractivity contribution in [1.82, 2.24) is 5.32 Å². The predicted octanol–water partition coefficient (Wildman–Crippen LogP) is 3.77. The molecule has 4 nitrogen and oxygen atoms in total. The molecule has 0 aliphatic carbocycles. The van der Waals surface area contributed by atoms with Crippen molar-refractivity contribution in [3.63, 3.8) is 0 Å². The van der Waals surface area contributed by atoms with Gasteiger partial charge in [0, 0.05) is 6.54 Å². The Hall–Kier alpha value is -1.91. The van der Waals surface area contributed by atoms with E-state index >= 15 is 0 Å². The third-order valence-corrected chi connectivity index (χ3v) is 3.91. The van der Waals surface area contributed by atoms with E-state index in [1.807, 2.05) is 24.3 Å². The highest BCUT2D eigenvalue weighted by molar-refractivity contribution is 6.39. The van der Waals surface area contributed by atoms with Crippen molar-refractivity contribution in [2.45, 2.75) is 6.42 Å². The zero-order valence-corrected chi connectivity index (χ0v) is 14.2. The van der Waals surface area contributed by atoms with Crippen LogP contribution >= 0.6 is 23.2 Å². The van der Waals surface area contributed by atoms with Crippen LogP contribution in [0.1, 0.15) is 5.56 Å². The lowest BCUT2D eigenvalue weighted by molar-refractivity contribution is -0.119. The number of halogens is 2. The van der Waals surface area contributed by atoms with Gasteiger partial charge in [0.2, 0.25) is 5.91 Å². The quantitative estimate of drug-likeness (QED) is 0.797. The molecule has 2 rings (SSSR count). The number of anilines is 1. The van der Waals surface area contributed by atoms with Gasteiger partial charge < -0.3 is 15.4 Å². The first-order valence-electron chi connectivity index (χ1n) is 7.17. The van der Waals surface area contributed by atoms with Crippen LogP contribution in [0, 0.1) is 0 Å². The van der Waals surface area contributed by atoms with Crippen LogP contribution in [0.25, 0.3) is 0 Å². The average Bonchev–Trinajstić information content (AvgIpc) is 2.55. The molecule has 0 saturated carbocycles. The summed E-state index contributed by atoms with van der Waals surface area (Å²) < 4.78 is 5.11. The lowest BCUT2D eigenvalue weighted by atomic mass is 10.1. The molecule has 2 N–H and O–H groups in total. The van der Waals surface area contributed by atoms with E-state index < -0.39 is 0 Å². The molecule has 0 spiro atoms. The van der Waals surface area contributed by atoms with Crippen molar-refractivity contribution in [3.05, 3.63) is 58.1 Å². The smallest absolute Gasteiger partial charge is 0.239 e. The molecule has 122 valence electrons. The average molecular weight is 353 g/mol. The van der Waals surface area contributed by atoms with Crippen LogP contribution in [-0.2, 0) is 11.2 Å². The maximum atomic E-state index is 11.8. The third kappa shape index (κ3) is 5.34. The van der Waals surface area contributed by atoms with Crippen molar-refractivity contribution in [3.8, 4) is 5.75 Å². The van der Waals surface area contributed by atoms with Crippen molar-refractivity contribution in [2.75, 3.05) is 25.5 Å². The molecule has 0 bridgehead atoms. The number of methoxy groups -OCH3 is 1. The Labute approximate surface area is 145 Å². The molecule has 0 saturated heterocycles. The van der Waals surface area contributed by atoms with Crippen LogP contribution in [0.5, 0.6) is 5.75 Å². The minimum atomic E-state index is -0.116. The molecule has 23 heavy (non-hydrogen) atoms. The van der Waals surface area contributed by atoms with Crippen LogP contribution in [0.4, 0.5) is 5.69 Å². The molecular weight excluding hydrogens is 335 g/mol. The van der Waals surface area contributed by atoms with Gasteiger partial charge in [0.1, 0.15) is 5.75 Å². The van der Waals surface area contributed by atoms with Gasteiger partial charge in [-0.2, -0.15) is 0 Å². The van der Waals surface area contributed by atoms with Gasteiger partial charge >= 0.3 is 0 Å². The summed E-state index contributed by atoms with van der Waals surface area (Å²) in [7, 11) is 1.63. The number of rotatable bonds is 7. The number of nitrogens with one attached hydrogen (secondary N) is 2. The molecule has 0 fully saturated rings. The minimum absolute atomic E-state index is 0.116. The van der Waals surface area contributed by atoms with Crippen LogP contribution in [0.15, 0.2) is 42.5 Å². The highest BCUT2D eigenvalue weighted by Crippen LogP contribution is 2.29. The van der Waals surface area contributed by atoms with Gasteiger partial charge in [0.15, 0.2) is 0 Å². The number of amides is 1. The predicted molar refractivity (Wildman–Crippen MR) is 94.7 cm³/mol. The second kappa shape index (κ2) is 8.65. The number of ether oxygens (including phenoxy) is 1. The summed E-state index contributed by atoms with van der Waals surface area (Å²) in [6.45, 7) is 0.676. The molecule has 2 aromatic rings. The lowest BCUT2D eigenvalue weighted by Crippen LogP contribution is -2.31. The molecule has 0 aliphatic heterocycles. The van der Waals surface area contributed by atoms with Gasteiger partial charge in [-0.3, -0.25) is 4.79 Å². The highest BCUT2D eigenvalue weighted by Gasteiger charge is 2.07. The second-order valence-corrected chi connectivity index (χ2v) is 5.71. The lowest BCUT2D eigenvalue weighted by Gasteiger charge is -2.10. The SMILES string of the molecule is COc1ccc(CCNC(=O)CNc2c(Cl)cccc2Cl)cc1. The van der Waals surface area contributed by atoms with E-state index in [1.54, 1.807) is 25.3 Å². The van der Waals surface area contributed by atoms with Crippen molar-refractivity contribution in [1.29, 1.82) is 0 Å². The number of para-hydroxylation sites is 1. The van der Waals surface area contributed by atoms with E-state index in [1.165, 1.54) is 0 Å². The Morgan fingerprint density at radius 1 is 1.09 bits per heavy atom. The first-order valence-corrected chi connectivity index (χ1v) is 7.93. The van der Waals surface area contributed by atoms with Gasteiger partial charge in [0.05, 0.1) is 29.4 Å². The molecule has 2 aromatic carbocycles. The molecule has 0 aliphatic rings. The van der Waals surface area contributed by atoms with E-state index in [9.17, 15) is 4.79 Å². The van der Waals surface area contributed by atoms with Crippen LogP contribution in [-0.4, -0.2) is 26.1 Å². The number of carbonyl (C=O) groups is 1. The minimum Gasteiger partial charge on any atom is -0.497 e. The fraction of sp³-hybridized carbons (Fsp3) is 0.235. The molecule has 0 radical (unpaired) electrons. The Kier molecular flexibility index (Phi) is 6.56. The fourth-order valence-electron chi connectivity index (χ4n) is 2.04. The van der Waals surface area contributed by atoms with Crippen LogP contribution < -0.4 is 15.4 Å². The second-order valence-electron chi connectivity index (χ2n) is 4.90. The Bertz CT molecular complexity index is 640. The van der Waals surface area contributed by atoms with Crippen molar-refractivity contribution >= 4 is 34.8 Å². The first kappa shape index (κ1) is 17.4. The van der Waals surface area contributed by atoms with Crippen LogP contribution in [0.2, 0.25) is 10.0 Å². The summed E-state index contributed by atoms with van der Waals surface area (Å²) in [5.74, 6) is 0.702. The third-order valence-electron chi connectivity index (χ3n) is 3.28. The summed E-state index contributed by atoms with van der Waals surface area (Å²) in [5.41, 5.74) is 1.70. The largest absolute Gasteiger partial charge is 0.497 e. The first-order chi connectivity index (χ1) is 11.1. The van der Waals surface area contributed by atoms with Gasteiger partial charge in [-0.15, -0.1) is 0 Å². The normalized spacial score (nSPS) is 10.2. The molecular formula is C17H18Cl2N2O2. The molecule has 0 atom stereocenters. The highest BCUT2D eigenvalue weighted by atomic mass is 35.5. The molecule has 0 heterocycles.